The molecular weight excluding hydrogens is 306 g/mol. The highest BCUT2D eigenvalue weighted by Gasteiger charge is 2.34. The van der Waals surface area contributed by atoms with Crippen LogP contribution in [0.3, 0.4) is 0 Å². The van der Waals surface area contributed by atoms with Crippen LogP contribution in [0.5, 0.6) is 0 Å². The van der Waals surface area contributed by atoms with Crippen LogP contribution in [-0.4, -0.2) is 75.8 Å². The van der Waals surface area contributed by atoms with Crippen molar-refractivity contribution in [3.63, 3.8) is 0 Å². The lowest BCUT2D eigenvalue weighted by molar-refractivity contribution is -0.122. The predicted octanol–water partition coefficient (Wildman–Crippen LogP) is 0.179. The molecule has 0 aromatic carbocycles. The zero-order chi connectivity index (χ0) is 17.4. The van der Waals surface area contributed by atoms with Crippen LogP contribution in [0.25, 0.3) is 0 Å². The molecule has 1 saturated heterocycles. The summed E-state index contributed by atoms with van der Waals surface area (Å²) in [5, 5.41) is 9.55. The molecule has 1 aliphatic carbocycles. The molecule has 3 N–H and O–H groups in total. The molecule has 1 aliphatic heterocycles. The van der Waals surface area contributed by atoms with Gasteiger partial charge in [0.15, 0.2) is 5.96 Å². The third-order valence-electron chi connectivity index (χ3n) is 4.91. The van der Waals surface area contributed by atoms with Gasteiger partial charge >= 0.3 is 0 Å². The van der Waals surface area contributed by atoms with Crippen LogP contribution in [0.15, 0.2) is 4.99 Å². The Labute approximate surface area is 145 Å². The standard InChI is InChI=1S/C17H33N5O2/c1-4-18-16(20-10-9-19-15(23)14-5-6-14)21-13-17(22(2)3)7-11-24-12-8-17/h14H,4-13H2,1-3H3,(H,19,23)(H2,18,20,21). The summed E-state index contributed by atoms with van der Waals surface area (Å²) in [6.07, 6.45) is 4.08. The molecule has 0 unspecified atom stereocenters. The van der Waals surface area contributed by atoms with Gasteiger partial charge in [0.1, 0.15) is 0 Å². The predicted molar refractivity (Wildman–Crippen MR) is 96.2 cm³/mol. The van der Waals surface area contributed by atoms with E-state index < -0.39 is 0 Å². The van der Waals surface area contributed by atoms with Crippen molar-refractivity contribution in [3.8, 4) is 0 Å². The van der Waals surface area contributed by atoms with Crippen molar-refractivity contribution >= 4 is 11.9 Å². The third kappa shape index (κ3) is 5.63. The molecule has 7 heteroatoms. The molecule has 0 radical (unpaired) electrons. The van der Waals surface area contributed by atoms with Crippen LogP contribution >= 0.6 is 0 Å². The van der Waals surface area contributed by atoms with E-state index in [-0.39, 0.29) is 17.4 Å². The van der Waals surface area contributed by atoms with Crippen molar-refractivity contribution in [1.82, 2.24) is 20.9 Å². The van der Waals surface area contributed by atoms with Crippen LogP contribution in [0, 0.1) is 5.92 Å². The summed E-state index contributed by atoms with van der Waals surface area (Å²) in [5.41, 5.74) is 0.0702. The number of aliphatic imine (C=N–C) groups is 1. The summed E-state index contributed by atoms with van der Waals surface area (Å²) < 4.78 is 5.51. The largest absolute Gasteiger partial charge is 0.381 e. The molecule has 2 aliphatic rings. The lowest BCUT2D eigenvalue weighted by Gasteiger charge is -2.41. The Bertz CT molecular complexity index is 429. The van der Waals surface area contributed by atoms with E-state index in [1.54, 1.807) is 0 Å². The normalized spacial score (nSPS) is 20.8. The maximum absolute atomic E-state index is 11.6. The van der Waals surface area contributed by atoms with E-state index in [9.17, 15) is 4.79 Å². The molecule has 1 saturated carbocycles. The van der Waals surface area contributed by atoms with Crippen LogP contribution in [0.1, 0.15) is 32.6 Å². The first-order valence-electron chi connectivity index (χ1n) is 9.12. The zero-order valence-corrected chi connectivity index (χ0v) is 15.4. The first kappa shape index (κ1) is 19.0. The number of nitrogens with zero attached hydrogens (tertiary/aromatic N) is 2. The summed E-state index contributed by atoms with van der Waals surface area (Å²) >= 11 is 0. The molecule has 1 heterocycles. The molecule has 0 spiro atoms. The molecule has 0 atom stereocenters. The third-order valence-corrected chi connectivity index (χ3v) is 4.91. The maximum Gasteiger partial charge on any atom is 0.223 e. The highest BCUT2D eigenvalue weighted by molar-refractivity contribution is 5.81. The van der Waals surface area contributed by atoms with Gasteiger partial charge in [-0.2, -0.15) is 0 Å². The number of carbonyl (C=O) groups excluding carboxylic acids is 1. The Morgan fingerprint density at radius 1 is 1.17 bits per heavy atom. The van der Waals surface area contributed by atoms with Crippen LogP contribution in [-0.2, 0) is 9.53 Å². The molecule has 7 nitrogen and oxygen atoms in total. The average molecular weight is 339 g/mol. The van der Waals surface area contributed by atoms with Crippen molar-refractivity contribution in [2.24, 2.45) is 10.9 Å². The van der Waals surface area contributed by atoms with Crippen molar-refractivity contribution in [2.75, 3.05) is 53.5 Å². The molecule has 0 aromatic heterocycles. The van der Waals surface area contributed by atoms with Crippen molar-refractivity contribution in [2.45, 2.75) is 38.1 Å². The fourth-order valence-corrected chi connectivity index (χ4v) is 2.92. The highest BCUT2D eigenvalue weighted by atomic mass is 16.5. The number of carbonyl (C=O) groups is 1. The molecule has 1 amide bonds. The van der Waals surface area contributed by atoms with Crippen molar-refractivity contribution in [1.29, 1.82) is 0 Å². The second-order valence-corrected chi connectivity index (χ2v) is 6.92. The monoisotopic (exact) mass is 339 g/mol. The quantitative estimate of drug-likeness (QED) is 0.334. The maximum atomic E-state index is 11.6. The Balaban J connectivity index is 1.80. The van der Waals surface area contributed by atoms with E-state index in [1.807, 2.05) is 0 Å². The molecular formula is C17H33N5O2. The Kier molecular flexibility index (Phi) is 7.30. The number of hydrogen-bond donors (Lipinski definition) is 3. The number of ether oxygens (including phenoxy) is 1. The zero-order valence-electron chi connectivity index (χ0n) is 15.4. The van der Waals surface area contributed by atoms with Crippen molar-refractivity contribution in [3.05, 3.63) is 0 Å². The van der Waals surface area contributed by atoms with E-state index in [2.05, 4.69) is 41.9 Å². The number of nitrogens with one attached hydrogen (secondary N) is 3. The van der Waals surface area contributed by atoms with Crippen LogP contribution in [0.4, 0.5) is 0 Å². The molecule has 0 aromatic rings. The Morgan fingerprint density at radius 3 is 2.42 bits per heavy atom. The smallest absolute Gasteiger partial charge is 0.223 e. The summed E-state index contributed by atoms with van der Waals surface area (Å²) in [4.78, 5) is 18.7. The van der Waals surface area contributed by atoms with Gasteiger partial charge in [-0.05, 0) is 46.7 Å². The van der Waals surface area contributed by atoms with E-state index in [0.29, 0.717) is 13.1 Å². The van der Waals surface area contributed by atoms with Gasteiger partial charge in [-0.1, -0.05) is 0 Å². The molecule has 2 fully saturated rings. The summed E-state index contributed by atoms with van der Waals surface area (Å²) in [5.74, 6) is 1.26. The Morgan fingerprint density at radius 2 is 1.83 bits per heavy atom. The Hall–Kier alpha value is -1.34. The molecule has 138 valence electrons. The van der Waals surface area contributed by atoms with Gasteiger partial charge in [0.25, 0.3) is 0 Å². The average Bonchev–Trinajstić information content (AvgIpc) is 3.42. The number of guanidine groups is 1. The van der Waals surface area contributed by atoms with Gasteiger partial charge in [0.2, 0.25) is 5.91 Å². The van der Waals surface area contributed by atoms with Gasteiger partial charge < -0.3 is 25.6 Å². The van der Waals surface area contributed by atoms with Gasteiger partial charge in [0, 0.05) is 44.3 Å². The number of hydrogen-bond acceptors (Lipinski definition) is 4. The first-order valence-corrected chi connectivity index (χ1v) is 9.12. The van der Waals surface area contributed by atoms with E-state index >= 15 is 0 Å². The van der Waals surface area contributed by atoms with E-state index in [4.69, 9.17) is 9.73 Å². The lowest BCUT2D eigenvalue weighted by Crippen LogP contribution is -2.52. The summed E-state index contributed by atoms with van der Waals surface area (Å²) in [7, 11) is 4.24. The summed E-state index contributed by atoms with van der Waals surface area (Å²) in [6.45, 7) is 6.53. The fourth-order valence-electron chi connectivity index (χ4n) is 2.92. The van der Waals surface area contributed by atoms with E-state index in [0.717, 1.165) is 57.9 Å². The highest BCUT2D eigenvalue weighted by Crippen LogP contribution is 2.28. The molecule has 0 bridgehead atoms. The minimum absolute atomic E-state index is 0.0702. The van der Waals surface area contributed by atoms with Gasteiger partial charge in [0.05, 0.1) is 6.54 Å². The number of amides is 1. The topological polar surface area (TPSA) is 78.0 Å². The van der Waals surface area contributed by atoms with Crippen LogP contribution < -0.4 is 16.0 Å². The minimum Gasteiger partial charge on any atom is -0.381 e. The number of rotatable bonds is 8. The van der Waals surface area contributed by atoms with Crippen molar-refractivity contribution < 1.29 is 9.53 Å². The lowest BCUT2D eigenvalue weighted by atomic mass is 9.89. The van der Waals surface area contributed by atoms with Gasteiger partial charge in [-0.15, -0.1) is 0 Å². The SMILES string of the molecule is CCNC(=NCC1(N(C)C)CCOCC1)NCCNC(=O)C1CC1. The minimum atomic E-state index is 0.0702. The molecule has 2 rings (SSSR count). The van der Waals surface area contributed by atoms with E-state index in [1.165, 1.54) is 0 Å². The van der Waals surface area contributed by atoms with Gasteiger partial charge in [-0.25, -0.2) is 0 Å². The van der Waals surface area contributed by atoms with Gasteiger partial charge in [-0.3, -0.25) is 9.79 Å². The van der Waals surface area contributed by atoms with Crippen LogP contribution in [0.2, 0.25) is 0 Å². The summed E-state index contributed by atoms with van der Waals surface area (Å²) in [6, 6.07) is 0. The molecule has 24 heavy (non-hydrogen) atoms. The first-order chi connectivity index (χ1) is 11.6. The number of likely N-dealkylation sites (N-methyl/N-ethyl adjacent to an activating group) is 1. The second-order valence-electron chi connectivity index (χ2n) is 6.92. The fraction of sp³-hybridized carbons (Fsp3) is 0.882. The second kappa shape index (κ2) is 9.22.